The Morgan fingerprint density at radius 3 is 2.50 bits per heavy atom. The highest BCUT2D eigenvalue weighted by Crippen LogP contribution is 2.14. The van der Waals surface area contributed by atoms with Crippen molar-refractivity contribution < 1.29 is 4.74 Å². The second kappa shape index (κ2) is 6.38. The molecule has 0 aromatic carbocycles. The van der Waals surface area contributed by atoms with Crippen LogP contribution in [0.4, 0.5) is 0 Å². The van der Waals surface area contributed by atoms with Gasteiger partial charge < -0.3 is 10.1 Å². The van der Waals surface area contributed by atoms with Crippen molar-refractivity contribution in [1.82, 2.24) is 10.2 Å². The molecule has 0 amide bonds. The van der Waals surface area contributed by atoms with Gasteiger partial charge in [-0.25, -0.2) is 0 Å². The Kier molecular flexibility index (Phi) is 5.45. The maximum absolute atomic E-state index is 5.16. The average molecular weight is 200 g/mol. The third kappa shape index (κ3) is 3.56. The van der Waals surface area contributed by atoms with E-state index < -0.39 is 0 Å². The van der Waals surface area contributed by atoms with Crippen LogP contribution in [0.2, 0.25) is 0 Å². The second-order valence-electron chi connectivity index (χ2n) is 4.31. The summed E-state index contributed by atoms with van der Waals surface area (Å²) in [6, 6.07) is 1.39. The predicted molar refractivity (Wildman–Crippen MR) is 59.6 cm³/mol. The van der Waals surface area contributed by atoms with Crippen molar-refractivity contribution in [2.24, 2.45) is 0 Å². The van der Waals surface area contributed by atoms with Gasteiger partial charge in [-0.15, -0.1) is 0 Å². The fourth-order valence-electron chi connectivity index (χ4n) is 2.20. The van der Waals surface area contributed by atoms with Crippen molar-refractivity contribution in [3.63, 3.8) is 0 Å². The summed E-state index contributed by atoms with van der Waals surface area (Å²) >= 11 is 0. The van der Waals surface area contributed by atoms with Crippen LogP contribution in [0.15, 0.2) is 0 Å². The Morgan fingerprint density at radius 1 is 1.36 bits per heavy atom. The molecule has 1 saturated heterocycles. The zero-order chi connectivity index (χ0) is 10.4. The van der Waals surface area contributed by atoms with Crippen LogP contribution in [0.3, 0.4) is 0 Å². The minimum atomic E-state index is 0.633. The van der Waals surface area contributed by atoms with E-state index in [1.54, 1.807) is 7.11 Å². The molecule has 0 unspecified atom stereocenters. The Bertz CT molecular complexity index is 144. The monoisotopic (exact) mass is 200 g/mol. The molecular formula is C11H24N2O. The predicted octanol–water partition coefficient (Wildman–Crippen LogP) is 1.10. The van der Waals surface area contributed by atoms with Crippen LogP contribution in [-0.4, -0.2) is 50.3 Å². The van der Waals surface area contributed by atoms with E-state index in [4.69, 9.17) is 4.74 Å². The standard InChI is InChI=1S/C11H24N2O/c1-10(2)13(8-9-14-3)11-4-6-12-7-5-11/h10-12H,4-9H2,1-3H3. The largest absolute Gasteiger partial charge is 0.383 e. The molecule has 0 atom stereocenters. The van der Waals surface area contributed by atoms with E-state index in [2.05, 4.69) is 24.1 Å². The maximum atomic E-state index is 5.16. The van der Waals surface area contributed by atoms with E-state index in [-0.39, 0.29) is 0 Å². The van der Waals surface area contributed by atoms with Gasteiger partial charge >= 0.3 is 0 Å². The molecule has 0 bridgehead atoms. The molecule has 1 heterocycles. The fraction of sp³-hybridized carbons (Fsp3) is 1.00. The lowest BCUT2D eigenvalue weighted by molar-refractivity contribution is 0.0816. The molecule has 1 aliphatic heterocycles. The van der Waals surface area contributed by atoms with Crippen LogP contribution in [-0.2, 0) is 4.74 Å². The summed E-state index contributed by atoms with van der Waals surface area (Å²) in [6.45, 7) is 8.80. The van der Waals surface area contributed by atoms with Crippen LogP contribution in [0, 0.1) is 0 Å². The first-order valence-electron chi connectivity index (χ1n) is 5.71. The lowest BCUT2D eigenvalue weighted by Crippen LogP contribution is -2.47. The molecule has 84 valence electrons. The molecular weight excluding hydrogens is 176 g/mol. The SMILES string of the molecule is COCCN(C(C)C)C1CCNCC1. The molecule has 1 N–H and O–H groups in total. The highest BCUT2D eigenvalue weighted by atomic mass is 16.5. The lowest BCUT2D eigenvalue weighted by Gasteiger charge is -2.37. The molecule has 0 spiro atoms. The fourth-order valence-corrected chi connectivity index (χ4v) is 2.20. The highest BCUT2D eigenvalue weighted by Gasteiger charge is 2.22. The van der Waals surface area contributed by atoms with Gasteiger partial charge in [-0.05, 0) is 39.8 Å². The first-order chi connectivity index (χ1) is 6.75. The summed E-state index contributed by atoms with van der Waals surface area (Å²) in [7, 11) is 1.78. The normalized spacial score (nSPS) is 19.5. The van der Waals surface area contributed by atoms with Gasteiger partial charge in [-0.1, -0.05) is 0 Å². The van der Waals surface area contributed by atoms with Gasteiger partial charge in [0.1, 0.15) is 0 Å². The average Bonchev–Trinajstić information content (AvgIpc) is 2.19. The molecule has 1 aliphatic rings. The molecule has 3 nitrogen and oxygen atoms in total. The zero-order valence-corrected chi connectivity index (χ0v) is 9.75. The molecule has 1 fully saturated rings. The first kappa shape index (κ1) is 12.0. The van der Waals surface area contributed by atoms with Crippen LogP contribution in [0.25, 0.3) is 0 Å². The topological polar surface area (TPSA) is 24.5 Å². The summed E-state index contributed by atoms with van der Waals surface area (Å²) in [5, 5.41) is 3.41. The molecule has 0 saturated carbocycles. The van der Waals surface area contributed by atoms with Gasteiger partial charge in [0, 0.05) is 25.7 Å². The summed E-state index contributed by atoms with van der Waals surface area (Å²) in [4.78, 5) is 2.57. The second-order valence-corrected chi connectivity index (χ2v) is 4.31. The van der Waals surface area contributed by atoms with Crippen molar-refractivity contribution in [3.05, 3.63) is 0 Å². The Labute approximate surface area is 87.8 Å². The lowest BCUT2D eigenvalue weighted by atomic mass is 10.0. The van der Waals surface area contributed by atoms with Crippen LogP contribution in [0.1, 0.15) is 26.7 Å². The number of nitrogens with zero attached hydrogens (tertiary/aromatic N) is 1. The summed E-state index contributed by atoms with van der Waals surface area (Å²) < 4.78 is 5.16. The van der Waals surface area contributed by atoms with E-state index in [0.717, 1.165) is 19.2 Å². The van der Waals surface area contributed by atoms with Crippen LogP contribution in [0.5, 0.6) is 0 Å². The number of methoxy groups -OCH3 is 1. The number of hydrogen-bond donors (Lipinski definition) is 1. The van der Waals surface area contributed by atoms with Crippen molar-refractivity contribution in [1.29, 1.82) is 0 Å². The quantitative estimate of drug-likeness (QED) is 0.719. The van der Waals surface area contributed by atoms with Crippen molar-refractivity contribution in [3.8, 4) is 0 Å². The third-order valence-electron chi connectivity index (χ3n) is 2.99. The molecule has 1 rings (SSSR count). The maximum Gasteiger partial charge on any atom is 0.0589 e. The Morgan fingerprint density at radius 2 is 2.00 bits per heavy atom. The summed E-state index contributed by atoms with van der Waals surface area (Å²) in [6.07, 6.45) is 2.56. The Hall–Kier alpha value is -0.120. The number of rotatable bonds is 5. The van der Waals surface area contributed by atoms with Crippen LogP contribution < -0.4 is 5.32 Å². The van der Waals surface area contributed by atoms with Gasteiger partial charge in [0.15, 0.2) is 0 Å². The highest BCUT2D eigenvalue weighted by molar-refractivity contribution is 4.79. The van der Waals surface area contributed by atoms with E-state index in [0.29, 0.717) is 6.04 Å². The van der Waals surface area contributed by atoms with E-state index in [1.165, 1.54) is 25.9 Å². The first-order valence-corrected chi connectivity index (χ1v) is 5.71. The number of nitrogens with one attached hydrogen (secondary N) is 1. The number of ether oxygens (including phenoxy) is 1. The van der Waals surface area contributed by atoms with Crippen molar-refractivity contribution in [2.75, 3.05) is 33.4 Å². The van der Waals surface area contributed by atoms with E-state index in [1.807, 2.05) is 0 Å². The van der Waals surface area contributed by atoms with Gasteiger partial charge in [0.25, 0.3) is 0 Å². The van der Waals surface area contributed by atoms with Gasteiger partial charge in [0.05, 0.1) is 6.61 Å². The van der Waals surface area contributed by atoms with Crippen LogP contribution >= 0.6 is 0 Å². The molecule has 0 aliphatic carbocycles. The number of piperidine rings is 1. The van der Waals surface area contributed by atoms with E-state index >= 15 is 0 Å². The Balaban J connectivity index is 2.39. The number of hydrogen-bond acceptors (Lipinski definition) is 3. The minimum Gasteiger partial charge on any atom is -0.383 e. The van der Waals surface area contributed by atoms with Gasteiger partial charge in [-0.3, -0.25) is 4.90 Å². The third-order valence-corrected chi connectivity index (χ3v) is 2.99. The molecule has 0 radical (unpaired) electrons. The molecule has 0 aromatic rings. The smallest absolute Gasteiger partial charge is 0.0589 e. The molecule has 0 aromatic heterocycles. The van der Waals surface area contributed by atoms with Gasteiger partial charge in [-0.2, -0.15) is 0 Å². The minimum absolute atomic E-state index is 0.633. The molecule has 3 heteroatoms. The van der Waals surface area contributed by atoms with E-state index in [9.17, 15) is 0 Å². The van der Waals surface area contributed by atoms with Gasteiger partial charge in [0.2, 0.25) is 0 Å². The molecule has 14 heavy (non-hydrogen) atoms. The zero-order valence-electron chi connectivity index (χ0n) is 9.75. The van der Waals surface area contributed by atoms with Crippen molar-refractivity contribution in [2.45, 2.75) is 38.8 Å². The summed E-state index contributed by atoms with van der Waals surface area (Å²) in [5.41, 5.74) is 0. The summed E-state index contributed by atoms with van der Waals surface area (Å²) in [5.74, 6) is 0. The van der Waals surface area contributed by atoms with Crippen molar-refractivity contribution >= 4 is 0 Å².